The van der Waals surface area contributed by atoms with Gasteiger partial charge in [0.05, 0.1) is 11.9 Å². The second kappa shape index (κ2) is 7.57. The topological polar surface area (TPSA) is 94.6 Å². The molecule has 8 nitrogen and oxygen atoms in total. The van der Waals surface area contributed by atoms with Crippen LogP contribution in [0.4, 0.5) is 16.3 Å². The van der Waals surface area contributed by atoms with Gasteiger partial charge >= 0.3 is 6.03 Å². The van der Waals surface area contributed by atoms with E-state index in [1.54, 1.807) is 12.3 Å². The highest BCUT2D eigenvalue weighted by Crippen LogP contribution is 2.26. The lowest BCUT2D eigenvalue weighted by molar-refractivity contribution is 0.236. The maximum atomic E-state index is 12.4. The van der Waals surface area contributed by atoms with Crippen LogP contribution in [0.5, 0.6) is 0 Å². The maximum absolute atomic E-state index is 12.4. The Hall–Kier alpha value is -1.87. The zero-order valence-electron chi connectivity index (χ0n) is 14.4. The van der Waals surface area contributed by atoms with Crippen LogP contribution in [-0.2, 0) is 10.0 Å². The molecular formula is C16H25N5O3S. The fourth-order valence-electron chi connectivity index (χ4n) is 3.38. The summed E-state index contributed by atoms with van der Waals surface area (Å²) in [6.45, 7) is 2.72. The lowest BCUT2D eigenvalue weighted by Crippen LogP contribution is -2.50. The number of pyridine rings is 1. The molecule has 1 unspecified atom stereocenters. The first kappa shape index (κ1) is 17.9. The Morgan fingerprint density at radius 3 is 2.72 bits per heavy atom. The minimum absolute atomic E-state index is 0.185. The number of anilines is 2. The van der Waals surface area contributed by atoms with Gasteiger partial charge in [-0.3, -0.25) is 0 Å². The SMILES string of the molecule is CS(=O)(=O)N1CCCC(NC(=O)Nc2cccnc2N2CCCC2)C1. The molecular weight excluding hydrogens is 342 g/mol. The van der Waals surface area contributed by atoms with Crippen LogP contribution in [0.15, 0.2) is 18.3 Å². The van der Waals surface area contributed by atoms with Gasteiger partial charge in [0.2, 0.25) is 10.0 Å². The van der Waals surface area contributed by atoms with Crippen molar-refractivity contribution in [2.75, 3.05) is 42.7 Å². The van der Waals surface area contributed by atoms with Gasteiger partial charge in [0.15, 0.2) is 5.82 Å². The number of aromatic nitrogens is 1. The number of hydrogen-bond acceptors (Lipinski definition) is 5. The molecule has 2 N–H and O–H groups in total. The first-order valence-electron chi connectivity index (χ1n) is 8.66. The van der Waals surface area contributed by atoms with Crippen LogP contribution < -0.4 is 15.5 Å². The molecule has 0 aromatic carbocycles. The third-order valence-electron chi connectivity index (χ3n) is 4.63. The fraction of sp³-hybridized carbons (Fsp3) is 0.625. The highest BCUT2D eigenvalue weighted by molar-refractivity contribution is 7.88. The van der Waals surface area contributed by atoms with E-state index in [0.717, 1.165) is 44.6 Å². The van der Waals surface area contributed by atoms with Crippen LogP contribution in [0.2, 0.25) is 0 Å². The zero-order valence-corrected chi connectivity index (χ0v) is 15.3. The molecule has 25 heavy (non-hydrogen) atoms. The number of hydrogen-bond donors (Lipinski definition) is 2. The van der Waals surface area contributed by atoms with E-state index in [9.17, 15) is 13.2 Å². The van der Waals surface area contributed by atoms with Crippen molar-refractivity contribution in [3.8, 4) is 0 Å². The number of amides is 2. The molecule has 2 saturated heterocycles. The molecule has 2 fully saturated rings. The van der Waals surface area contributed by atoms with Gasteiger partial charge in [0.1, 0.15) is 0 Å². The van der Waals surface area contributed by atoms with E-state index < -0.39 is 10.0 Å². The van der Waals surface area contributed by atoms with Crippen LogP contribution in [-0.4, -0.2) is 62.2 Å². The molecule has 0 aliphatic carbocycles. The van der Waals surface area contributed by atoms with Gasteiger partial charge in [-0.25, -0.2) is 22.5 Å². The molecule has 2 amide bonds. The molecule has 2 aliphatic heterocycles. The summed E-state index contributed by atoms with van der Waals surface area (Å²) in [4.78, 5) is 18.9. The Morgan fingerprint density at radius 1 is 1.24 bits per heavy atom. The Bertz CT molecular complexity index is 718. The Kier molecular flexibility index (Phi) is 5.43. The number of urea groups is 1. The molecule has 138 valence electrons. The van der Waals surface area contributed by atoms with E-state index in [-0.39, 0.29) is 12.1 Å². The molecule has 1 aromatic heterocycles. The number of nitrogens with one attached hydrogen (secondary N) is 2. The molecule has 3 rings (SSSR count). The molecule has 3 heterocycles. The first-order valence-corrected chi connectivity index (χ1v) is 10.5. The van der Waals surface area contributed by atoms with Crippen molar-refractivity contribution in [3.05, 3.63) is 18.3 Å². The molecule has 0 saturated carbocycles. The second-order valence-corrected chi connectivity index (χ2v) is 8.61. The average molecular weight is 367 g/mol. The number of carbonyl (C=O) groups is 1. The summed E-state index contributed by atoms with van der Waals surface area (Å²) in [6.07, 6.45) is 6.70. The predicted molar refractivity (Wildman–Crippen MR) is 97.3 cm³/mol. The maximum Gasteiger partial charge on any atom is 0.319 e. The summed E-state index contributed by atoms with van der Waals surface area (Å²) < 4.78 is 24.8. The number of carbonyl (C=O) groups excluding carboxylic acids is 1. The van der Waals surface area contributed by atoms with Gasteiger partial charge in [-0.2, -0.15) is 0 Å². The van der Waals surface area contributed by atoms with Crippen molar-refractivity contribution in [1.82, 2.24) is 14.6 Å². The van der Waals surface area contributed by atoms with Crippen molar-refractivity contribution >= 4 is 27.6 Å². The first-order chi connectivity index (χ1) is 11.9. The molecule has 0 spiro atoms. The minimum atomic E-state index is -3.23. The van der Waals surface area contributed by atoms with Gasteiger partial charge in [-0.05, 0) is 37.8 Å². The lowest BCUT2D eigenvalue weighted by atomic mass is 10.1. The molecule has 0 bridgehead atoms. The standard InChI is InChI=1S/C16H25N5O3S/c1-25(23,24)21-11-5-6-13(12-21)18-16(22)19-14-7-4-8-17-15(14)20-9-2-3-10-20/h4,7-8,13H,2-3,5-6,9-12H2,1H3,(H2,18,19,22). The Balaban J connectivity index is 1.61. The molecule has 1 atom stereocenters. The Labute approximate surface area is 148 Å². The number of piperidine rings is 1. The van der Waals surface area contributed by atoms with Gasteiger partial charge in [0.25, 0.3) is 0 Å². The van der Waals surface area contributed by atoms with Crippen LogP contribution in [0.25, 0.3) is 0 Å². The highest BCUT2D eigenvalue weighted by atomic mass is 32.2. The summed E-state index contributed by atoms with van der Waals surface area (Å²) >= 11 is 0. The van der Waals surface area contributed by atoms with E-state index >= 15 is 0 Å². The summed E-state index contributed by atoms with van der Waals surface area (Å²) in [5, 5.41) is 5.75. The van der Waals surface area contributed by atoms with Crippen molar-refractivity contribution in [3.63, 3.8) is 0 Å². The van der Waals surface area contributed by atoms with Gasteiger partial charge in [-0.15, -0.1) is 0 Å². The van der Waals surface area contributed by atoms with E-state index in [0.29, 0.717) is 18.8 Å². The second-order valence-electron chi connectivity index (χ2n) is 6.63. The highest BCUT2D eigenvalue weighted by Gasteiger charge is 2.27. The monoisotopic (exact) mass is 367 g/mol. The Morgan fingerprint density at radius 2 is 2.00 bits per heavy atom. The van der Waals surface area contributed by atoms with Gasteiger partial charge < -0.3 is 15.5 Å². The zero-order chi connectivity index (χ0) is 17.9. The largest absolute Gasteiger partial charge is 0.355 e. The average Bonchev–Trinajstić information content (AvgIpc) is 3.09. The van der Waals surface area contributed by atoms with Crippen molar-refractivity contribution in [2.45, 2.75) is 31.7 Å². The molecule has 9 heteroatoms. The van der Waals surface area contributed by atoms with Crippen molar-refractivity contribution in [2.24, 2.45) is 0 Å². The van der Waals surface area contributed by atoms with Crippen LogP contribution in [0.1, 0.15) is 25.7 Å². The third-order valence-corrected chi connectivity index (χ3v) is 5.90. The van der Waals surface area contributed by atoms with E-state index in [1.165, 1.54) is 10.6 Å². The lowest BCUT2D eigenvalue weighted by Gasteiger charge is -2.31. The van der Waals surface area contributed by atoms with Crippen LogP contribution in [0.3, 0.4) is 0 Å². The third kappa shape index (κ3) is 4.60. The normalized spacial score (nSPS) is 22.0. The van der Waals surface area contributed by atoms with Gasteiger partial charge in [0, 0.05) is 38.4 Å². The fourth-order valence-corrected chi connectivity index (χ4v) is 4.29. The summed E-state index contributed by atoms with van der Waals surface area (Å²) in [7, 11) is -3.23. The summed E-state index contributed by atoms with van der Waals surface area (Å²) in [5.74, 6) is 0.788. The molecule has 1 aromatic rings. The molecule has 2 aliphatic rings. The van der Waals surface area contributed by atoms with E-state index in [1.807, 2.05) is 6.07 Å². The van der Waals surface area contributed by atoms with Crippen LogP contribution >= 0.6 is 0 Å². The smallest absolute Gasteiger partial charge is 0.319 e. The summed E-state index contributed by atoms with van der Waals surface area (Å²) in [6, 6.07) is 3.12. The molecule has 0 radical (unpaired) electrons. The predicted octanol–water partition coefficient (Wildman–Crippen LogP) is 1.23. The summed E-state index contributed by atoms with van der Waals surface area (Å²) in [5.41, 5.74) is 0.678. The van der Waals surface area contributed by atoms with Crippen molar-refractivity contribution < 1.29 is 13.2 Å². The van der Waals surface area contributed by atoms with E-state index in [2.05, 4.69) is 20.5 Å². The number of rotatable bonds is 4. The van der Waals surface area contributed by atoms with E-state index in [4.69, 9.17) is 0 Å². The number of sulfonamides is 1. The minimum Gasteiger partial charge on any atom is -0.355 e. The quantitative estimate of drug-likeness (QED) is 0.835. The van der Waals surface area contributed by atoms with Gasteiger partial charge in [-0.1, -0.05) is 0 Å². The number of nitrogens with zero attached hydrogens (tertiary/aromatic N) is 3. The van der Waals surface area contributed by atoms with Crippen LogP contribution in [0, 0.1) is 0 Å². The van der Waals surface area contributed by atoms with Crippen molar-refractivity contribution in [1.29, 1.82) is 0 Å².